The van der Waals surface area contributed by atoms with E-state index >= 15 is 0 Å². The third-order valence-electron chi connectivity index (χ3n) is 9.27. The summed E-state index contributed by atoms with van der Waals surface area (Å²) >= 11 is 3.67. The van der Waals surface area contributed by atoms with E-state index in [0.29, 0.717) is 0 Å². The molecule has 1 fully saturated rings. The second-order valence-corrected chi connectivity index (χ2v) is 17.2. The fraction of sp³-hybridized carbons (Fsp3) is 0.109. The number of rotatable bonds is 6. The molecule has 0 unspecified atom stereocenters. The first-order valence-corrected chi connectivity index (χ1v) is 20.7. The zero-order chi connectivity index (χ0) is 33.6. The van der Waals surface area contributed by atoms with Crippen molar-refractivity contribution in [3.63, 3.8) is 0 Å². The molecule has 1 heterocycles. The second kappa shape index (κ2) is 15.1. The van der Waals surface area contributed by atoms with Crippen LogP contribution in [0.2, 0.25) is 0 Å². The van der Waals surface area contributed by atoms with Crippen molar-refractivity contribution >= 4 is 60.8 Å². The summed E-state index contributed by atoms with van der Waals surface area (Å²) in [4.78, 5) is 0. The van der Waals surface area contributed by atoms with Crippen LogP contribution in [0.5, 0.6) is 0 Å². The van der Waals surface area contributed by atoms with Gasteiger partial charge in [0, 0.05) is 0 Å². The van der Waals surface area contributed by atoms with Gasteiger partial charge in [0.05, 0.1) is 0 Å². The molecule has 49 heavy (non-hydrogen) atoms. The van der Waals surface area contributed by atoms with Crippen LogP contribution in [0.25, 0.3) is 26.2 Å². The van der Waals surface area contributed by atoms with E-state index in [1.165, 1.54) is 64.5 Å². The summed E-state index contributed by atoms with van der Waals surface area (Å²) in [5.41, 5.74) is 6.14. The molecular weight excluding hydrogens is 806 g/mol. The molecule has 0 aliphatic heterocycles. The van der Waals surface area contributed by atoms with Crippen molar-refractivity contribution < 1.29 is 17.9 Å². The summed E-state index contributed by atoms with van der Waals surface area (Å²) in [6, 6.07) is 46.7. The monoisotopic (exact) mass is 844 g/mol. The zero-order valence-electron chi connectivity index (χ0n) is 27.8. The number of fused-ring (bicyclic) bond motifs is 3. The van der Waals surface area contributed by atoms with Crippen molar-refractivity contribution in [2.45, 2.75) is 33.1 Å². The van der Waals surface area contributed by atoms with Crippen LogP contribution in [0.3, 0.4) is 0 Å². The van der Waals surface area contributed by atoms with Crippen LogP contribution >= 0.6 is 18.6 Å². The van der Waals surface area contributed by atoms with Gasteiger partial charge in [0.2, 0.25) is 0 Å². The topological polar surface area (TPSA) is 0 Å². The first-order chi connectivity index (χ1) is 24.1. The Bertz CT molecular complexity index is 2280. The van der Waals surface area contributed by atoms with E-state index in [9.17, 15) is 0 Å². The van der Waals surface area contributed by atoms with Gasteiger partial charge >= 0.3 is 294 Å². The van der Waals surface area contributed by atoms with E-state index in [4.69, 9.17) is 0 Å². The van der Waals surface area contributed by atoms with Gasteiger partial charge in [-0.1, -0.05) is 6.08 Å². The fourth-order valence-corrected chi connectivity index (χ4v) is 13.8. The minimum absolute atomic E-state index is 1.03. The van der Waals surface area contributed by atoms with Crippen molar-refractivity contribution in [2.75, 3.05) is 0 Å². The standard InChI is InChI=1S/C46H37PS.Os/c1-4-16-35-26-29-45-43(31-35)44-32-36(27-30-46(44)48-45)25-28-38(33-39-18-15-17-37(39)5-2)34(3)47(40-19-9-6-10-20-40,41-21-11-7-12-22-41)42-23-13-8-14-24-42;/h4-14,16,19-24,26-27,29-33H,15,17-18H2,1-2H3;/q+1;/b16-4+,37-5?,38-34?,39-33?;. The Morgan fingerprint density at radius 1 is 0.694 bits per heavy atom. The van der Waals surface area contributed by atoms with Crippen LogP contribution < -0.4 is 15.9 Å². The van der Waals surface area contributed by atoms with Crippen molar-refractivity contribution in [3.05, 3.63) is 179 Å². The average molecular weight is 843 g/mol. The van der Waals surface area contributed by atoms with Gasteiger partial charge in [0.25, 0.3) is 0 Å². The van der Waals surface area contributed by atoms with Crippen molar-refractivity contribution in [2.24, 2.45) is 0 Å². The normalized spacial score (nSPS) is 15.5. The van der Waals surface area contributed by atoms with E-state index in [-0.39, 0.29) is 0 Å². The van der Waals surface area contributed by atoms with E-state index in [1.54, 1.807) is 0 Å². The van der Waals surface area contributed by atoms with Gasteiger partial charge < -0.3 is 0 Å². The Balaban J connectivity index is 1.53. The summed E-state index contributed by atoms with van der Waals surface area (Å²) in [7, 11) is -2.40. The van der Waals surface area contributed by atoms with E-state index < -0.39 is 7.26 Å². The van der Waals surface area contributed by atoms with Gasteiger partial charge in [0.15, 0.2) is 0 Å². The van der Waals surface area contributed by atoms with E-state index in [0.717, 1.165) is 24.0 Å². The molecule has 1 aliphatic rings. The van der Waals surface area contributed by atoms with E-state index in [1.807, 2.05) is 29.3 Å². The third-order valence-corrected chi connectivity index (χ3v) is 15.8. The van der Waals surface area contributed by atoms with Crippen LogP contribution in [0.1, 0.15) is 44.2 Å². The molecule has 239 valence electrons. The quantitative estimate of drug-likeness (QED) is 0.116. The number of hydrogen-bond donors (Lipinski definition) is 0. The maximum absolute atomic E-state index is 3.83. The summed E-state index contributed by atoms with van der Waals surface area (Å²) in [6.07, 6.45) is 12.3. The number of allylic oxidation sites excluding steroid dienone is 7. The van der Waals surface area contributed by atoms with Crippen molar-refractivity contribution in [1.29, 1.82) is 0 Å². The second-order valence-electron chi connectivity index (χ2n) is 12.2. The SMILES string of the molecule is CC=C1CCCC1=CC(C#Cc1ccc2sc3ccc(/C=C/C)cc3c2c1)=C([C]#[Os])[P+](c1ccccc1)(c1ccccc1)c1ccccc1. The van der Waals surface area contributed by atoms with Crippen LogP contribution in [0.4, 0.5) is 0 Å². The maximum atomic E-state index is 3.83. The van der Waals surface area contributed by atoms with Crippen LogP contribution in [-0.2, 0) is 17.9 Å². The zero-order valence-corrected chi connectivity index (χ0v) is 32.0. The molecule has 1 saturated carbocycles. The van der Waals surface area contributed by atoms with Gasteiger partial charge in [-0.15, -0.1) is 0 Å². The molecule has 0 saturated heterocycles. The molecule has 0 N–H and O–H groups in total. The molecule has 6 aromatic rings. The summed E-state index contributed by atoms with van der Waals surface area (Å²) < 4.78 is 6.43. The molecular formula is C46H37OsPS+. The fourth-order valence-electron chi connectivity index (χ4n) is 7.01. The first kappa shape index (κ1) is 33.2. The Kier molecular flexibility index (Phi) is 10.2. The van der Waals surface area contributed by atoms with E-state index in [2.05, 4.69) is 182 Å². The third kappa shape index (κ3) is 6.55. The molecule has 0 amide bonds. The molecule has 0 spiro atoms. The van der Waals surface area contributed by atoms with Gasteiger partial charge in [0.1, 0.15) is 0 Å². The molecule has 0 bridgehead atoms. The predicted molar refractivity (Wildman–Crippen MR) is 213 cm³/mol. The Labute approximate surface area is 305 Å². The average Bonchev–Trinajstić information content (AvgIpc) is 3.77. The van der Waals surface area contributed by atoms with Crippen molar-refractivity contribution in [3.8, 4) is 16.2 Å². The molecule has 0 atom stereocenters. The minimum atomic E-state index is -2.40. The van der Waals surface area contributed by atoms with Gasteiger partial charge in [-0.25, -0.2) is 0 Å². The Hall–Kier alpha value is -4.31. The summed E-state index contributed by atoms with van der Waals surface area (Å²) in [5, 5.41) is 7.67. The molecule has 1 aliphatic carbocycles. The van der Waals surface area contributed by atoms with Gasteiger partial charge in [-0.3, -0.25) is 0 Å². The Morgan fingerprint density at radius 2 is 1.27 bits per heavy atom. The number of benzene rings is 5. The molecule has 1 aromatic heterocycles. The van der Waals surface area contributed by atoms with Crippen LogP contribution in [0.15, 0.2) is 168 Å². The number of hydrogen-bond acceptors (Lipinski definition) is 1. The molecule has 0 radical (unpaired) electrons. The van der Waals surface area contributed by atoms with Crippen LogP contribution in [0, 0.1) is 16.2 Å². The Morgan fingerprint density at radius 3 is 1.84 bits per heavy atom. The molecule has 0 nitrogen and oxygen atoms in total. The number of thiophene rings is 1. The summed E-state index contributed by atoms with van der Waals surface area (Å²) in [6.45, 7) is 4.24. The predicted octanol–water partition coefficient (Wildman–Crippen LogP) is 11.2. The molecule has 7 rings (SSSR count). The first-order valence-electron chi connectivity index (χ1n) is 16.8. The van der Waals surface area contributed by atoms with Crippen LogP contribution in [-0.4, -0.2) is 0 Å². The van der Waals surface area contributed by atoms with Gasteiger partial charge in [-0.2, -0.15) is 0 Å². The van der Waals surface area contributed by atoms with Crippen molar-refractivity contribution in [1.82, 2.24) is 0 Å². The molecule has 3 heteroatoms. The summed E-state index contributed by atoms with van der Waals surface area (Å²) in [5.74, 6) is 7.48. The van der Waals surface area contributed by atoms with Gasteiger partial charge in [-0.05, 0) is 6.92 Å². The molecule has 5 aromatic carbocycles.